The molecule has 0 unspecified atom stereocenters. The SMILES string of the molecule is Cc1cc(C2CCN(OC(=O)C(F)(F)F)CC2)n(-c2ccc(F)c(Cl)c2)n1. The second-order valence-corrected chi connectivity index (χ2v) is 6.71. The number of nitrogens with zero attached hydrogens (tertiary/aromatic N) is 3. The van der Waals surface area contributed by atoms with Crippen molar-refractivity contribution in [3.8, 4) is 5.69 Å². The van der Waals surface area contributed by atoms with E-state index in [0.29, 0.717) is 18.5 Å². The van der Waals surface area contributed by atoms with E-state index in [1.165, 1.54) is 12.1 Å². The highest BCUT2D eigenvalue weighted by atomic mass is 35.5. The van der Waals surface area contributed by atoms with Gasteiger partial charge in [0.05, 0.1) is 16.4 Å². The molecule has 0 spiro atoms. The second-order valence-electron chi connectivity index (χ2n) is 6.30. The number of carbonyl (C=O) groups excluding carboxylic acids is 1. The Bertz CT molecular complexity index is 845. The monoisotopic (exact) mass is 405 g/mol. The number of carbonyl (C=O) groups is 1. The van der Waals surface area contributed by atoms with Crippen LogP contribution in [0.4, 0.5) is 17.6 Å². The molecule has 1 fully saturated rings. The average molecular weight is 406 g/mol. The number of hydrogen-bond acceptors (Lipinski definition) is 4. The molecule has 1 saturated heterocycles. The standard InChI is InChI=1S/C17H16ClF4N3O2/c1-10-8-15(25(23-10)12-2-3-14(19)13(18)9-12)11-4-6-24(7-5-11)27-16(26)17(20,21)22/h2-3,8-9,11H,4-7H2,1H3. The molecule has 0 amide bonds. The third-order valence-corrected chi connectivity index (χ3v) is 4.61. The first kappa shape index (κ1) is 19.6. The molecule has 5 nitrogen and oxygen atoms in total. The lowest BCUT2D eigenvalue weighted by Gasteiger charge is -2.30. The molecule has 0 radical (unpaired) electrons. The summed E-state index contributed by atoms with van der Waals surface area (Å²) in [6, 6.07) is 6.14. The summed E-state index contributed by atoms with van der Waals surface area (Å²) in [5, 5.41) is 5.41. The summed E-state index contributed by atoms with van der Waals surface area (Å²) in [5.74, 6) is -2.76. The van der Waals surface area contributed by atoms with Gasteiger partial charge in [-0.05, 0) is 44.0 Å². The minimum atomic E-state index is -5.02. The van der Waals surface area contributed by atoms with E-state index in [4.69, 9.17) is 11.6 Å². The second kappa shape index (κ2) is 7.47. The van der Waals surface area contributed by atoms with Crippen LogP contribution in [-0.2, 0) is 9.63 Å². The van der Waals surface area contributed by atoms with Gasteiger partial charge in [-0.15, -0.1) is 5.06 Å². The fraction of sp³-hybridized carbons (Fsp3) is 0.412. The van der Waals surface area contributed by atoms with E-state index in [2.05, 4.69) is 9.94 Å². The number of piperidine rings is 1. The molecule has 146 valence electrons. The van der Waals surface area contributed by atoms with E-state index in [-0.39, 0.29) is 24.0 Å². The van der Waals surface area contributed by atoms with Crippen LogP contribution in [0.2, 0.25) is 5.02 Å². The number of hydrogen-bond donors (Lipinski definition) is 0. The molecule has 0 N–H and O–H groups in total. The highest BCUT2D eigenvalue weighted by Crippen LogP contribution is 2.31. The van der Waals surface area contributed by atoms with Crippen molar-refractivity contribution in [1.29, 1.82) is 0 Å². The first-order chi connectivity index (χ1) is 12.6. The summed E-state index contributed by atoms with van der Waals surface area (Å²) >= 11 is 5.85. The molecule has 0 aliphatic carbocycles. The van der Waals surface area contributed by atoms with Gasteiger partial charge in [-0.3, -0.25) is 0 Å². The predicted octanol–water partition coefficient (Wildman–Crippen LogP) is 4.17. The zero-order valence-corrected chi connectivity index (χ0v) is 15.0. The molecule has 10 heteroatoms. The van der Waals surface area contributed by atoms with Crippen LogP contribution in [0.5, 0.6) is 0 Å². The number of hydroxylamine groups is 2. The van der Waals surface area contributed by atoms with E-state index < -0.39 is 18.0 Å². The van der Waals surface area contributed by atoms with Crippen molar-refractivity contribution in [2.75, 3.05) is 13.1 Å². The van der Waals surface area contributed by atoms with Gasteiger partial charge in [0, 0.05) is 24.7 Å². The van der Waals surface area contributed by atoms with Crippen LogP contribution in [0.25, 0.3) is 5.69 Å². The molecule has 1 aliphatic rings. The maximum Gasteiger partial charge on any atom is 0.492 e. The summed E-state index contributed by atoms with van der Waals surface area (Å²) in [4.78, 5) is 15.3. The fourth-order valence-corrected chi connectivity index (χ4v) is 3.22. The van der Waals surface area contributed by atoms with Gasteiger partial charge in [0.2, 0.25) is 0 Å². The molecule has 1 aromatic carbocycles. The quantitative estimate of drug-likeness (QED) is 0.719. The maximum atomic E-state index is 13.4. The highest BCUT2D eigenvalue weighted by molar-refractivity contribution is 6.30. The Hall–Kier alpha value is -2.13. The lowest BCUT2D eigenvalue weighted by molar-refractivity contribution is -0.241. The molecule has 1 aliphatic heterocycles. The Balaban J connectivity index is 1.74. The van der Waals surface area contributed by atoms with E-state index in [0.717, 1.165) is 16.5 Å². The van der Waals surface area contributed by atoms with Crippen molar-refractivity contribution in [3.63, 3.8) is 0 Å². The Morgan fingerprint density at radius 1 is 1.26 bits per heavy atom. The lowest BCUT2D eigenvalue weighted by Crippen LogP contribution is -2.39. The number of rotatable bonds is 3. The first-order valence-electron chi connectivity index (χ1n) is 8.21. The zero-order chi connectivity index (χ0) is 19.8. The zero-order valence-electron chi connectivity index (χ0n) is 14.3. The van der Waals surface area contributed by atoms with Crippen LogP contribution in [-0.4, -0.2) is 40.1 Å². The van der Waals surface area contributed by atoms with Gasteiger partial charge in [0.1, 0.15) is 5.82 Å². The van der Waals surface area contributed by atoms with Gasteiger partial charge in [-0.25, -0.2) is 13.9 Å². The summed E-state index contributed by atoms with van der Waals surface area (Å²) in [6.45, 7) is 2.15. The van der Waals surface area contributed by atoms with Crippen LogP contribution in [0.15, 0.2) is 24.3 Å². The predicted molar refractivity (Wildman–Crippen MR) is 89.0 cm³/mol. The van der Waals surface area contributed by atoms with E-state index in [1.807, 2.05) is 13.0 Å². The van der Waals surface area contributed by atoms with Crippen molar-refractivity contribution in [3.05, 3.63) is 46.5 Å². The molecule has 0 bridgehead atoms. The van der Waals surface area contributed by atoms with Gasteiger partial charge in [0.15, 0.2) is 0 Å². The van der Waals surface area contributed by atoms with Crippen molar-refractivity contribution in [1.82, 2.24) is 14.8 Å². The van der Waals surface area contributed by atoms with Gasteiger partial charge in [-0.1, -0.05) is 11.6 Å². The summed E-state index contributed by atoms with van der Waals surface area (Å²) < 4.78 is 52.0. The molecule has 2 aromatic rings. The van der Waals surface area contributed by atoms with Crippen molar-refractivity contribution in [2.45, 2.75) is 31.9 Å². The normalized spacial score (nSPS) is 16.5. The average Bonchev–Trinajstić information content (AvgIpc) is 2.99. The number of halogens is 5. The maximum absolute atomic E-state index is 13.4. The van der Waals surface area contributed by atoms with Gasteiger partial charge < -0.3 is 4.84 Å². The van der Waals surface area contributed by atoms with Crippen LogP contribution >= 0.6 is 11.6 Å². The third kappa shape index (κ3) is 4.41. The van der Waals surface area contributed by atoms with Crippen molar-refractivity contribution in [2.24, 2.45) is 0 Å². The van der Waals surface area contributed by atoms with Crippen LogP contribution in [0.1, 0.15) is 30.1 Å². The Kier molecular flexibility index (Phi) is 5.43. The van der Waals surface area contributed by atoms with Crippen LogP contribution in [0, 0.1) is 12.7 Å². The van der Waals surface area contributed by atoms with Gasteiger partial charge in [0.25, 0.3) is 0 Å². The number of aromatic nitrogens is 2. The third-order valence-electron chi connectivity index (χ3n) is 4.32. The molecule has 0 saturated carbocycles. The molecule has 27 heavy (non-hydrogen) atoms. The first-order valence-corrected chi connectivity index (χ1v) is 8.59. The Morgan fingerprint density at radius 2 is 1.93 bits per heavy atom. The Labute approximate surface area is 157 Å². The molecule has 1 aromatic heterocycles. The molecular weight excluding hydrogens is 390 g/mol. The molecule has 0 atom stereocenters. The summed E-state index contributed by atoms with van der Waals surface area (Å²) in [6.07, 6.45) is -4.06. The number of aryl methyl sites for hydroxylation is 1. The minimum Gasteiger partial charge on any atom is -0.361 e. The van der Waals surface area contributed by atoms with Crippen molar-refractivity contribution < 1.29 is 27.2 Å². The molecule has 2 heterocycles. The van der Waals surface area contributed by atoms with E-state index in [9.17, 15) is 22.4 Å². The van der Waals surface area contributed by atoms with E-state index >= 15 is 0 Å². The molecule has 3 rings (SSSR count). The smallest absolute Gasteiger partial charge is 0.361 e. The highest BCUT2D eigenvalue weighted by Gasteiger charge is 2.43. The minimum absolute atomic E-state index is 0.00383. The van der Waals surface area contributed by atoms with Crippen LogP contribution in [0.3, 0.4) is 0 Å². The van der Waals surface area contributed by atoms with E-state index in [1.54, 1.807) is 10.7 Å². The fourth-order valence-electron chi connectivity index (χ4n) is 3.05. The number of alkyl halides is 3. The van der Waals surface area contributed by atoms with Gasteiger partial charge >= 0.3 is 12.1 Å². The Morgan fingerprint density at radius 3 is 2.52 bits per heavy atom. The topological polar surface area (TPSA) is 47.4 Å². The van der Waals surface area contributed by atoms with Crippen molar-refractivity contribution >= 4 is 17.6 Å². The lowest BCUT2D eigenvalue weighted by atomic mass is 9.94. The van der Waals surface area contributed by atoms with Gasteiger partial charge in [-0.2, -0.15) is 18.3 Å². The largest absolute Gasteiger partial charge is 0.492 e. The summed E-state index contributed by atoms with van der Waals surface area (Å²) in [5.41, 5.74) is 2.18. The molecular formula is C17H16ClF4N3O2. The summed E-state index contributed by atoms with van der Waals surface area (Å²) in [7, 11) is 0. The number of benzene rings is 1. The van der Waals surface area contributed by atoms with Crippen LogP contribution < -0.4 is 0 Å².